The second-order valence-electron chi connectivity index (χ2n) is 8.16. The molecule has 2 fully saturated rings. The Morgan fingerprint density at radius 3 is 2.50 bits per heavy atom. The average molecular weight is 378 g/mol. The van der Waals surface area contributed by atoms with Gasteiger partial charge in [0.25, 0.3) is 0 Å². The van der Waals surface area contributed by atoms with Crippen LogP contribution in [0.15, 0.2) is 24.3 Å². The van der Waals surface area contributed by atoms with E-state index in [1.54, 1.807) is 0 Å². The molecule has 0 aliphatic carbocycles. The van der Waals surface area contributed by atoms with E-state index in [4.69, 9.17) is 11.6 Å². The van der Waals surface area contributed by atoms with Gasteiger partial charge in [-0.1, -0.05) is 37.1 Å². The lowest BCUT2D eigenvalue weighted by atomic mass is 9.62. The molecule has 0 bridgehead atoms. The summed E-state index contributed by atoms with van der Waals surface area (Å²) in [6.45, 7) is 10.3. The molecular weight excluding hydrogens is 346 g/mol. The van der Waals surface area contributed by atoms with Crippen LogP contribution in [0.5, 0.6) is 0 Å². The standard InChI is InChI=1S/C21H32ClN3O/c1-4-5-12-23-20(26)24-13-10-21(11-14-24)15-25(16(2)3)19(21)17-6-8-18(22)9-7-17/h6-9,16,19H,4-5,10-15H2,1-3H3,(H,23,26). The number of unbranched alkanes of at least 4 members (excludes halogenated alkanes) is 1. The van der Waals surface area contributed by atoms with Crippen LogP contribution >= 0.6 is 11.6 Å². The number of benzene rings is 1. The van der Waals surface area contributed by atoms with Gasteiger partial charge in [-0.2, -0.15) is 0 Å². The number of hydrogen-bond donors (Lipinski definition) is 1. The van der Waals surface area contributed by atoms with Crippen LogP contribution in [0, 0.1) is 5.41 Å². The molecule has 1 aromatic carbocycles. The fraction of sp³-hybridized carbons (Fsp3) is 0.667. The summed E-state index contributed by atoms with van der Waals surface area (Å²) in [5.41, 5.74) is 1.65. The summed E-state index contributed by atoms with van der Waals surface area (Å²) in [6, 6.07) is 9.41. The van der Waals surface area contributed by atoms with Crippen LogP contribution in [-0.2, 0) is 0 Å². The number of rotatable bonds is 5. The SMILES string of the molecule is CCCCNC(=O)N1CCC2(CC1)CN(C(C)C)C2c1ccc(Cl)cc1. The molecule has 2 saturated heterocycles. The Hall–Kier alpha value is -1.26. The quantitative estimate of drug-likeness (QED) is 0.755. The second-order valence-corrected chi connectivity index (χ2v) is 8.59. The fourth-order valence-electron chi connectivity index (χ4n) is 4.52. The molecule has 2 amide bonds. The first-order valence-electron chi connectivity index (χ1n) is 10.0. The van der Waals surface area contributed by atoms with Gasteiger partial charge >= 0.3 is 6.03 Å². The number of nitrogens with zero attached hydrogens (tertiary/aromatic N) is 2. The van der Waals surface area contributed by atoms with E-state index in [-0.39, 0.29) is 11.4 Å². The third-order valence-electron chi connectivity index (χ3n) is 6.11. The van der Waals surface area contributed by atoms with E-state index in [0.717, 1.165) is 56.9 Å². The van der Waals surface area contributed by atoms with Crippen molar-refractivity contribution >= 4 is 17.6 Å². The molecule has 2 heterocycles. The van der Waals surface area contributed by atoms with Crippen LogP contribution in [0.3, 0.4) is 0 Å². The Balaban J connectivity index is 1.66. The number of likely N-dealkylation sites (tertiary alicyclic amines) is 2. The Morgan fingerprint density at radius 2 is 1.92 bits per heavy atom. The van der Waals surface area contributed by atoms with Gasteiger partial charge in [-0.05, 0) is 50.8 Å². The number of halogens is 1. The summed E-state index contributed by atoms with van der Waals surface area (Å²) in [5, 5.41) is 3.84. The molecule has 1 N–H and O–H groups in total. The molecule has 2 aliphatic rings. The zero-order valence-corrected chi connectivity index (χ0v) is 17.1. The highest BCUT2D eigenvalue weighted by Crippen LogP contribution is 2.55. The lowest BCUT2D eigenvalue weighted by molar-refractivity contribution is -0.123. The minimum Gasteiger partial charge on any atom is -0.338 e. The van der Waals surface area contributed by atoms with Gasteiger partial charge in [0.1, 0.15) is 0 Å². The van der Waals surface area contributed by atoms with E-state index in [1.807, 2.05) is 17.0 Å². The van der Waals surface area contributed by atoms with E-state index in [1.165, 1.54) is 5.56 Å². The van der Waals surface area contributed by atoms with Crippen LogP contribution in [0.25, 0.3) is 0 Å². The molecule has 144 valence electrons. The van der Waals surface area contributed by atoms with Gasteiger partial charge in [-0.15, -0.1) is 0 Å². The molecule has 3 rings (SSSR count). The molecular formula is C21H32ClN3O. The number of urea groups is 1. The predicted molar refractivity (Wildman–Crippen MR) is 108 cm³/mol. The molecule has 26 heavy (non-hydrogen) atoms. The summed E-state index contributed by atoms with van der Waals surface area (Å²) in [5.74, 6) is 0. The van der Waals surface area contributed by atoms with Crippen molar-refractivity contribution in [2.24, 2.45) is 5.41 Å². The third-order valence-corrected chi connectivity index (χ3v) is 6.36. The van der Waals surface area contributed by atoms with Gasteiger partial charge in [-0.25, -0.2) is 4.79 Å². The Bertz CT molecular complexity index is 608. The smallest absolute Gasteiger partial charge is 0.317 e. The topological polar surface area (TPSA) is 35.6 Å². The molecule has 1 spiro atoms. The molecule has 4 nitrogen and oxygen atoms in total. The summed E-state index contributed by atoms with van der Waals surface area (Å²) in [6.07, 6.45) is 4.30. The van der Waals surface area contributed by atoms with Crippen molar-refractivity contribution < 1.29 is 4.79 Å². The minimum atomic E-state index is 0.108. The number of carbonyl (C=O) groups excluding carboxylic acids is 1. The normalized spacial score (nSPS) is 22.5. The highest BCUT2D eigenvalue weighted by atomic mass is 35.5. The van der Waals surface area contributed by atoms with E-state index < -0.39 is 0 Å². The maximum atomic E-state index is 12.3. The number of hydrogen-bond acceptors (Lipinski definition) is 2. The van der Waals surface area contributed by atoms with E-state index in [0.29, 0.717) is 12.1 Å². The summed E-state index contributed by atoms with van der Waals surface area (Å²) in [4.78, 5) is 16.9. The lowest BCUT2D eigenvalue weighted by Gasteiger charge is -2.62. The molecule has 0 radical (unpaired) electrons. The first-order chi connectivity index (χ1) is 12.5. The number of carbonyl (C=O) groups is 1. The first-order valence-corrected chi connectivity index (χ1v) is 10.4. The van der Waals surface area contributed by atoms with Gasteiger partial charge in [0.05, 0.1) is 0 Å². The molecule has 0 aromatic heterocycles. The molecule has 0 saturated carbocycles. The van der Waals surface area contributed by atoms with Gasteiger partial charge in [0, 0.05) is 48.7 Å². The number of amides is 2. The Kier molecular flexibility index (Phi) is 6.13. The highest BCUT2D eigenvalue weighted by molar-refractivity contribution is 6.30. The van der Waals surface area contributed by atoms with E-state index >= 15 is 0 Å². The zero-order chi connectivity index (χ0) is 18.7. The van der Waals surface area contributed by atoms with Crippen LogP contribution in [0.1, 0.15) is 58.1 Å². The molecule has 1 atom stereocenters. The number of piperidine rings is 1. The van der Waals surface area contributed by atoms with Crippen LogP contribution in [0.2, 0.25) is 5.02 Å². The molecule has 1 aromatic rings. The third kappa shape index (κ3) is 3.86. The van der Waals surface area contributed by atoms with Crippen molar-refractivity contribution in [2.45, 2.75) is 58.5 Å². The summed E-state index contributed by atoms with van der Waals surface area (Å²) >= 11 is 6.10. The van der Waals surface area contributed by atoms with Gasteiger partial charge < -0.3 is 10.2 Å². The van der Waals surface area contributed by atoms with Gasteiger partial charge in [0.2, 0.25) is 0 Å². The predicted octanol–water partition coefficient (Wildman–Crippen LogP) is 4.70. The van der Waals surface area contributed by atoms with Crippen molar-refractivity contribution in [1.82, 2.24) is 15.1 Å². The fourth-order valence-corrected chi connectivity index (χ4v) is 4.65. The van der Waals surface area contributed by atoms with Crippen molar-refractivity contribution in [2.75, 3.05) is 26.2 Å². The average Bonchev–Trinajstić information content (AvgIpc) is 2.62. The highest BCUT2D eigenvalue weighted by Gasteiger charge is 2.54. The Labute approximate surface area is 162 Å². The lowest BCUT2D eigenvalue weighted by Crippen LogP contribution is -2.64. The summed E-state index contributed by atoms with van der Waals surface area (Å²) in [7, 11) is 0. The largest absolute Gasteiger partial charge is 0.338 e. The maximum absolute atomic E-state index is 12.3. The van der Waals surface area contributed by atoms with Crippen molar-refractivity contribution in [3.8, 4) is 0 Å². The molecule has 5 heteroatoms. The van der Waals surface area contributed by atoms with Gasteiger partial charge in [0.15, 0.2) is 0 Å². The van der Waals surface area contributed by atoms with Crippen molar-refractivity contribution in [3.05, 3.63) is 34.9 Å². The minimum absolute atomic E-state index is 0.108. The molecule has 1 unspecified atom stereocenters. The number of nitrogens with one attached hydrogen (secondary N) is 1. The van der Waals surface area contributed by atoms with E-state index in [2.05, 4.69) is 43.1 Å². The van der Waals surface area contributed by atoms with Crippen molar-refractivity contribution in [1.29, 1.82) is 0 Å². The van der Waals surface area contributed by atoms with Crippen LogP contribution in [-0.4, -0.2) is 48.1 Å². The second kappa shape index (κ2) is 8.18. The van der Waals surface area contributed by atoms with Crippen LogP contribution in [0.4, 0.5) is 4.79 Å². The van der Waals surface area contributed by atoms with Gasteiger partial charge in [-0.3, -0.25) is 4.90 Å². The summed E-state index contributed by atoms with van der Waals surface area (Å²) < 4.78 is 0. The monoisotopic (exact) mass is 377 g/mol. The van der Waals surface area contributed by atoms with Crippen molar-refractivity contribution in [3.63, 3.8) is 0 Å². The molecule has 2 aliphatic heterocycles. The first kappa shape index (κ1) is 19.5. The zero-order valence-electron chi connectivity index (χ0n) is 16.3. The van der Waals surface area contributed by atoms with Crippen LogP contribution < -0.4 is 5.32 Å². The van der Waals surface area contributed by atoms with E-state index in [9.17, 15) is 4.79 Å². The maximum Gasteiger partial charge on any atom is 0.317 e. The Morgan fingerprint density at radius 1 is 1.27 bits per heavy atom.